The summed E-state index contributed by atoms with van der Waals surface area (Å²) in [5.41, 5.74) is 0. The van der Waals surface area contributed by atoms with Gasteiger partial charge in [0, 0.05) is 0 Å². The second-order valence-corrected chi connectivity index (χ2v) is 0.359. The van der Waals surface area contributed by atoms with Gasteiger partial charge < -0.3 is 5.11 Å². The number of aliphatic hydroxyl groups is 1. The van der Waals surface area contributed by atoms with E-state index in [1.165, 1.54) is 0 Å². The molecule has 0 unspecified atom stereocenters. The summed E-state index contributed by atoms with van der Waals surface area (Å²) < 4.78 is 0. The molecule has 3 heteroatoms. The van der Waals surface area contributed by atoms with Gasteiger partial charge in [0.2, 0.25) is 0 Å². The maximum absolute atomic E-state index is 7.33. The molecule has 0 saturated carbocycles. The molecule has 4 heavy (non-hydrogen) atoms. The standard InChI is InChI=1S/CH3ClO.Mg/c2-1-3;/h3H,1H2;/q;+2. The maximum atomic E-state index is 7.33. The molecule has 0 amide bonds. The van der Waals surface area contributed by atoms with Crippen molar-refractivity contribution in [3.63, 3.8) is 0 Å². The maximum Gasteiger partial charge on any atom is 2.00 e. The van der Waals surface area contributed by atoms with Gasteiger partial charge in [-0.3, -0.25) is 0 Å². The topological polar surface area (TPSA) is 20.2 Å². The zero-order valence-electron chi connectivity index (χ0n) is 2.24. The van der Waals surface area contributed by atoms with Gasteiger partial charge in [-0.25, -0.2) is 0 Å². The SMILES string of the molecule is OCCl.[Mg+2]. The number of rotatable bonds is 0. The van der Waals surface area contributed by atoms with Crippen molar-refractivity contribution in [3.05, 3.63) is 0 Å². The van der Waals surface area contributed by atoms with E-state index in [2.05, 4.69) is 11.6 Å². The fraction of sp³-hybridized carbons (Fsp3) is 1.00. The van der Waals surface area contributed by atoms with Crippen molar-refractivity contribution in [2.45, 2.75) is 0 Å². The molecule has 0 rings (SSSR count). The average Bonchev–Trinajstić information content (AvgIpc) is 0.918. The fourth-order valence-electron chi connectivity index (χ4n) is 0. The Labute approximate surface area is 46.1 Å². The van der Waals surface area contributed by atoms with Crippen LogP contribution in [0.15, 0.2) is 0 Å². The number of hydrogen-bond acceptors (Lipinski definition) is 1. The molecule has 20 valence electrons. The van der Waals surface area contributed by atoms with Gasteiger partial charge in [0.15, 0.2) is 0 Å². The molecule has 1 N–H and O–H groups in total. The Morgan fingerprint density at radius 2 is 1.75 bits per heavy atom. The summed E-state index contributed by atoms with van der Waals surface area (Å²) in [7, 11) is 0. The van der Waals surface area contributed by atoms with Gasteiger partial charge in [0.1, 0.15) is 6.07 Å². The van der Waals surface area contributed by atoms with Crippen LogP contribution in [0.4, 0.5) is 0 Å². The number of aliphatic hydroxyl groups excluding tert-OH is 1. The summed E-state index contributed by atoms with van der Waals surface area (Å²) in [4.78, 5) is 0. The summed E-state index contributed by atoms with van der Waals surface area (Å²) in [5.74, 6) is 0. The second-order valence-electron chi connectivity index (χ2n) is 0.120. The van der Waals surface area contributed by atoms with Crippen LogP contribution in [0.5, 0.6) is 0 Å². The number of alkyl halides is 1. The molecule has 0 aromatic rings. The van der Waals surface area contributed by atoms with Gasteiger partial charge >= 0.3 is 23.1 Å². The fourth-order valence-corrected chi connectivity index (χ4v) is 0. The van der Waals surface area contributed by atoms with E-state index in [1.54, 1.807) is 0 Å². The van der Waals surface area contributed by atoms with E-state index in [9.17, 15) is 0 Å². The van der Waals surface area contributed by atoms with E-state index < -0.39 is 0 Å². The molecule has 0 aromatic carbocycles. The Morgan fingerprint density at radius 1 is 1.75 bits per heavy atom. The van der Waals surface area contributed by atoms with Gasteiger partial charge in [-0.1, -0.05) is 11.6 Å². The predicted octanol–water partition coefficient (Wildman–Crippen LogP) is -0.206. The Hall–Kier alpha value is 1.02. The van der Waals surface area contributed by atoms with Crippen molar-refractivity contribution in [2.75, 3.05) is 6.07 Å². The van der Waals surface area contributed by atoms with Crippen LogP contribution in [0.2, 0.25) is 0 Å². The normalized spacial score (nSPS) is 4.50. The van der Waals surface area contributed by atoms with Crippen molar-refractivity contribution in [1.82, 2.24) is 0 Å². The monoisotopic (exact) mass is 90.0 g/mol. The van der Waals surface area contributed by atoms with E-state index in [0.717, 1.165) is 0 Å². The van der Waals surface area contributed by atoms with Crippen molar-refractivity contribution < 1.29 is 5.11 Å². The first-order valence-electron chi connectivity index (χ1n) is 0.583. The Morgan fingerprint density at radius 3 is 1.75 bits per heavy atom. The first kappa shape index (κ1) is 8.89. The van der Waals surface area contributed by atoms with Crippen molar-refractivity contribution in [3.8, 4) is 0 Å². The summed E-state index contributed by atoms with van der Waals surface area (Å²) in [6.07, 6.45) is 0. The number of hydrogen-bond donors (Lipinski definition) is 1. The summed E-state index contributed by atoms with van der Waals surface area (Å²) in [6.45, 7) is 0. The Bertz CT molecular complexity index is 8.00. The summed E-state index contributed by atoms with van der Waals surface area (Å²) in [6, 6.07) is -0.278. The second kappa shape index (κ2) is 8.99. The Balaban J connectivity index is 0. The van der Waals surface area contributed by atoms with Crippen LogP contribution in [0.25, 0.3) is 0 Å². The first-order valence-corrected chi connectivity index (χ1v) is 1.12. The third-order valence-electron chi connectivity index (χ3n) is 0. The van der Waals surface area contributed by atoms with Crippen molar-refractivity contribution in [1.29, 1.82) is 0 Å². The van der Waals surface area contributed by atoms with Gasteiger partial charge in [-0.2, -0.15) is 0 Å². The number of halogens is 1. The van der Waals surface area contributed by atoms with Gasteiger partial charge in [-0.15, -0.1) is 0 Å². The zero-order chi connectivity index (χ0) is 2.71. The average molecular weight is 90.8 g/mol. The molecule has 0 atom stereocenters. The van der Waals surface area contributed by atoms with E-state index in [4.69, 9.17) is 5.11 Å². The van der Waals surface area contributed by atoms with E-state index >= 15 is 0 Å². The smallest absolute Gasteiger partial charge is 0.381 e. The molecule has 1 nitrogen and oxygen atoms in total. The van der Waals surface area contributed by atoms with Crippen LogP contribution in [0.1, 0.15) is 0 Å². The van der Waals surface area contributed by atoms with Crippen LogP contribution in [0, 0.1) is 0 Å². The minimum absolute atomic E-state index is 0. The predicted molar refractivity (Wildman–Crippen MR) is 18.7 cm³/mol. The van der Waals surface area contributed by atoms with Crippen LogP contribution >= 0.6 is 11.6 Å². The van der Waals surface area contributed by atoms with E-state index in [-0.39, 0.29) is 29.1 Å². The first-order chi connectivity index (χ1) is 1.41. The molecular weight excluding hydrogens is 87.8 g/mol. The largest absolute Gasteiger partial charge is 2.00 e. The quantitative estimate of drug-likeness (QED) is 0.323. The van der Waals surface area contributed by atoms with E-state index in [1.807, 2.05) is 0 Å². The molecular formula is CH3ClMgO+2. The third kappa shape index (κ3) is 11.9. The minimum Gasteiger partial charge on any atom is -0.381 e. The van der Waals surface area contributed by atoms with E-state index in [0.29, 0.717) is 0 Å². The minimum atomic E-state index is -0.278. The summed E-state index contributed by atoms with van der Waals surface area (Å²) >= 11 is 4.55. The van der Waals surface area contributed by atoms with Crippen LogP contribution in [-0.4, -0.2) is 34.2 Å². The molecule has 0 aliphatic rings. The molecule has 0 aliphatic heterocycles. The molecule has 0 aliphatic carbocycles. The molecule has 0 fully saturated rings. The molecule has 0 saturated heterocycles. The van der Waals surface area contributed by atoms with Crippen LogP contribution in [0.3, 0.4) is 0 Å². The molecule has 0 radical (unpaired) electrons. The molecule has 0 heterocycles. The van der Waals surface area contributed by atoms with Crippen LogP contribution < -0.4 is 0 Å². The van der Waals surface area contributed by atoms with Crippen molar-refractivity contribution in [2.24, 2.45) is 0 Å². The molecule has 0 aromatic heterocycles. The van der Waals surface area contributed by atoms with Gasteiger partial charge in [0.05, 0.1) is 0 Å². The molecule has 0 spiro atoms. The van der Waals surface area contributed by atoms with Gasteiger partial charge in [0.25, 0.3) is 0 Å². The molecule has 0 bridgehead atoms. The van der Waals surface area contributed by atoms with Crippen LogP contribution in [-0.2, 0) is 0 Å². The Kier molecular flexibility index (Phi) is 20.0. The van der Waals surface area contributed by atoms with Crippen molar-refractivity contribution >= 4 is 34.7 Å². The third-order valence-corrected chi connectivity index (χ3v) is 0. The zero-order valence-corrected chi connectivity index (χ0v) is 4.41. The van der Waals surface area contributed by atoms with Gasteiger partial charge in [-0.05, 0) is 0 Å². The summed E-state index contributed by atoms with van der Waals surface area (Å²) in [5, 5.41) is 7.33.